The summed E-state index contributed by atoms with van der Waals surface area (Å²) in [5.74, 6) is -0.260. The van der Waals surface area contributed by atoms with Crippen molar-refractivity contribution in [1.82, 2.24) is 4.90 Å². The molecule has 0 aromatic rings. The molecule has 1 heterocycles. The lowest BCUT2D eigenvalue weighted by Crippen LogP contribution is -2.51. The second-order valence-corrected chi connectivity index (χ2v) is 2.92. The number of carbonyl (C=O) groups is 1. The predicted molar refractivity (Wildman–Crippen MR) is 61.7 cm³/mol. The number of hydrogen-bond donors (Lipinski definition) is 1. The van der Waals surface area contributed by atoms with Crippen LogP contribution in [0.4, 0.5) is 0 Å². The molecule has 0 spiro atoms. The fraction of sp³-hybridized carbons (Fsp3) is 0.875. The normalized spacial score (nSPS) is 18.3. The highest BCUT2D eigenvalue weighted by Gasteiger charge is 2.26. The molecule has 15 heavy (non-hydrogen) atoms. The first-order valence-electron chi connectivity index (χ1n) is 4.39. The molecule has 1 rings (SSSR count). The Balaban J connectivity index is 0. The van der Waals surface area contributed by atoms with E-state index in [1.807, 2.05) is 4.90 Å². The molecular weight excluding hydrogens is 243 g/mol. The molecule has 0 radical (unpaired) electrons. The fourth-order valence-corrected chi connectivity index (χ4v) is 1.42. The van der Waals surface area contributed by atoms with Crippen LogP contribution in [0.1, 0.15) is 0 Å². The van der Waals surface area contributed by atoms with Crippen LogP contribution in [0.25, 0.3) is 0 Å². The van der Waals surface area contributed by atoms with E-state index in [1.165, 1.54) is 7.11 Å². The molecule has 1 aliphatic heterocycles. The van der Waals surface area contributed by atoms with Gasteiger partial charge in [0.05, 0.1) is 20.3 Å². The van der Waals surface area contributed by atoms with Crippen molar-refractivity contribution in [3.63, 3.8) is 0 Å². The Kier molecular flexibility index (Phi) is 10.6. The largest absolute Gasteiger partial charge is 0.468 e. The molecule has 1 aliphatic rings. The van der Waals surface area contributed by atoms with E-state index in [-0.39, 0.29) is 36.8 Å². The maximum absolute atomic E-state index is 11.3. The second-order valence-electron chi connectivity index (χ2n) is 2.92. The summed E-state index contributed by atoms with van der Waals surface area (Å²) in [5, 5.41) is 0. The molecule has 0 aromatic carbocycles. The van der Waals surface area contributed by atoms with Crippen LogP contribution in [0, 0.1) is 0 Å². The average molecular weight is 261 g/mol. The Bertz CT molecular complexity index is 177. The highest BCUT2D eigenvalue weighted by molar-refractivity contribution is 5.85. The highest BCUT2D eigenvalue weighted by Crippen LogP contribution is 2.04. The van der Waals surface area contributed by atoms with Crippen molar-refractivity contribution < 1.29 is 14.3 Å². The number of ether oxygens (including phenoxy) is 2. The zero-order valence-electron chi connectivity index (χ0n) is 8.68. The van der Waals surface area contributed by atoms with Crippen LogP contribution in [0.3, 0.4) is 0 Å². The number of hydrogen-bond acceptors (Lipinski definition) is 5. The van der Waals surface area contributed by atoms with Crippen molar-refractivity contribution in [2.45, 2.75) is 6.04 Å². The van der Waals surface area contributed by atoms with Crippen LogP contribution in [-0.2, 0) is 14.3 Å². The lowest BCUT2D eigenvalue weighted by molar-refractivity contribution is -0.148. The summed E-state index contributed by atoms with van der Waals surface area (Å²) in [4.78, 5) is 13.3. The number of morpholine rings is 1. The van der Waals surface area contributed by atoms with E-state index in [1.54, 1.807) is 0 Å². The van der Waals surface area contributed by atoms with E-state index < -0.39 is 0 Å². The van der Waals surface area contributed by atoms with Gasteiger partial charge in [0, 0.05) is 19.6 Å². The van der Waals surface area contributed by atoms with Gasteiger partial charge in [-0.1, -0.05) is 0 Å². The molecule has 0 aliphatic carbocycles. The molecule has 1 saturated heterocycles. The zero-order chi connectivity index (χ0) is 9.68. The van der Waals surface area contributed by atoms with Gasteiger partial charge in [-0.3, -0.25) is 9.69 Å². The Morgan fingerprint density at radius 2 is 2.00 bits per heavy atom. The van der Waals surface area contributed by atoms with Crippen molar-refractivity contribution in [1.29, 1.82) is 0 Å². The van der Waals surface area contributed by atoms with Crippen molar-refractivity contribution in [2.75, 3.05) is 40.0 Å². The minimum atomic E-state index is -0.311. The smallest absolute Gasteiger partial charge is 0.324 e. The van der Waals surface area contributed by atoms with Gasteiger partial charge in [0.1, 0.15) is 6.04 Å². The molecule has 1 atom stereocenters. The summed E-state index contributed by atoms with van der Waals surface area (Å²) in [5.41, 5.74) is 5.50. The molecule has 1 fully saturated rings. The minimum Gasteiger partial charge on any atom is -0.468 e. The molecule has 5 nitrogen and oxygen atoms in total. The van der Waals surface area contributed by atoms with Crippen LogP contribution in [0.2, 0.25) is 0 Å². The topological polar surface area (TPSA) is 64.8 Å². The molecule has 2 N–H and O–H groups in total. The summed E-state index contributed by atoms with van der Waals surface area (Å²) >= 11 is 0. The molecule has 0 aromatic heterocycles. The summed E-state index contributed by atoms with van der Waals surface area (Å²) in [7, 11) is 1.38. The molecular formula is C8H18Cl2N2O3. The lowest BCUT2D eigenvalue weighted by atomic mass is 10.2. The Morgan fingerprint density at radius 1 is 1.47 bits per heavy atom. The first-order chi connectivity index (χ1) is 6.29. The van der Waals surface area contributed by atoms with Gasteiger partial charge in [-0.15, -0.1) is 24.8 Å². The molecule has 7 heteroatoms. The summed E-state index contributed by atoms with van der Waals surface area (Å²) in [6, 6.07) is -0.311. The van der Waals surface area contributed by atoms with Gasteiger partial charge < -0.3 is 15.2 Å². The van der Waals surface area contributed by atoms with Crippen molar-refractivity contribution in [2.24, 2.45) is 5.73 Å². The van der Waals surface area contributed by atoms with E-state index in [0.717, 1.165) is 13.1 Å². The first-order valence-corrected chi connectivity index (χ1v) is 4.39. The number of methoxy groups -OCH3 is 1. The Morgan fingerprint density at radius 3 is 2.40 bits per heavy atom. The average Bonchev–Trinajstić information content (AvgIpc) is 2.20. The summed E-state index contributed by atoms with van der Waals surface area (Å²) < 4.78 is 9.83. The third kappa shape index (κ3) is 4.99. The van der Waals surface area contributed by atoms with Crippen LogP contribution in [0.5, 0.6) is 0 Å². The quantitative estimate of drug-likeness (QED) is 0.704. The Labute approximate surface area is 102 Å². The van der Waals surface area contributed by atoms with Crippen LogP contribution < -0.4 is 5.73 Å². The van der Waals surface area contributed by atoms with Gasteiger partial charge in [-0.25, -0.2) is 0 Å². The standard InChI is InChI=1S/C8H16N2O3.2ClH/c1-12-8(11)7(6-9)10-2-4-13-5-3-10;;/h7H,2-6,9H2,1H3;2*1H/t7-;;/m0../s1. The molecule has 0 amide bonds. The summed E-state index contributed by atoms with van der Waals surface area (Å²) in [6.45, 7) is 3.11. The van der Waals surface area contributed by atoms with Gasteiger partial charge in [-0.2, -0.15) is 0 Å². The van der Waals surface area contributed by atoms with E-state index >= 15 is 0 Å². The van der Waals surface area contributed by atoms with Gasteiger partial charge in [0.15, 0.2) is 0 Å². The maximum atomic E-state index is 11.3. The predicted octanol–water partition coefficient (Wildman–Crippen LogP) is -0.337. The van der Waals surface area contributed by atoms with Crippen LogP contribution >= 0.6 is 24.8 Å². The zero-order valence-corrected chi connectivity index (χ0v) is 10.3. The first kappa shape index (κ1) is 17.3. The number of carbonyl (C=O) groups excluding carboxylic acids is 1. The number of esters is 1. The molecule has 92 valence electrons. The highest BCUT2D eigenvalue weighted by atomic mass is 35.5. The van der Waals surface area contributed by atoms with Crippen molar-refractivity contribution in [3.8, 4) is 0 Å². The number of rotatable bonds is 3. The third-order valence-electron chi connectivity index (χ3n) is 2.18. The maximum Gasteiger partial charge on any atom is 0.324 e. The monoisotopic (exact) mass is 260 g/mol. The van der Waals surface area contributed by atoms with Crippen LogP contribution in [-0.4, -0.2) is 56.9 Å². The van der Waals surface area contributed by atoms with Gasteiger partial charge in [0.2, 0.25) is 0 Å². The minimum absolute atomic E-state index is 0. The summed E-state index contributed by atoms with van der Waals surface area (Å²) in [6.07, 6.45) is 0. The van der Waals surface area contributed by atoms with Crippen molar-refractivity contribution >= 4 is 30.8 Å². The number of nitrogens with zero attached hydrogens (tertiary/aromatic N) is 1. The number of halogens is 2. The van der Waals surface area contributed by atoms with E-state index in [2.05, 4.69) is 4.74 Å². The lowest BCUT2D eigenvalue weighted by Gasteiger charge is -2.31. The van der Waals surface area contributed by atoms with E-state index in [4.69, 9.17) is 10.5 Å². The van der Waals surface area contributed by atoms with Crippen LogP contribution in [0.15, 0.2) is 0 Å². The van der Waals surface area contributed by atoms with E-state index in [9.17, 15) is 4.79 Å². The Hall–Kier alpha value is -0.0700. The van der Waals surface area contributed by atoms with Gasteiger partial charge in [0.25, 0.3) is 0 Å². The second kappa shape index (κ2) is 9.18. The number of nitrogens with two attached hydrogens (primary N) is 1. The third-order valence-corrected chi connectivity index (χ3v) is 2.18. The molecule has 0 bridgehead atoms. The molecule has 0 unspecified atom stereocenters. The van der Waals surface area contributed by atoms with Gasteiger partial charge >= 0.3 is 5.97 Å². The van der Waals surface area contributed by atoms with Crippen molar-refractivity contribution in [3.05, 3.63) is 0 Å². The van der Waals surface area contributed by atoms with E-state index in [0.29, 0.717) is 19.8 Å². The SMILES string of the molecule is COC(=O)[C@H](CN)N1CCOCC1.Cl.Cl. The fourth-order valence-electron chi connectivity index (χ4n) is 1.42. The van der Waals surface area contributed by atoms with Gasteiger partial charge in [-0.05, 0) is 0 Å². The molecule has 0 saturated carbocycles.